The summed E-state index contributed by atoms with van der Waals surface area (Å²) in [5, 5.41) is 4.88. The van der Waals surface area contributed by atoms with Crippen LogP contribution in [0.25, 0.3) is 87.4 Å². The van der Waals surface area contributed by atoms with Crippen molar-refractivity contribution in [2.24, 2.45) is 0 Å². The second-order valence-corrected chi connectivity index (χ2v) is 12.7. The highest BCUT2D eigenvalue weighted by molar-refractivity contribution is 7.26. The zero-order chi connectivity index (χ0) is 31.2. The van der Waals surface area contributed by atoms with Crippen molar-refractivity contribution in [1.82, 2.24) is 15.0 Å². The Morgan fingerprint density at radius 3 is 1.62 bits per heavy atom. The highest BCUT2D eigenvalue weighted by Gasteiger charge is 2.20. The molecule has 3 nitrogen and oxygen atoms in total. The molecular weight excluding hydrogens is 591 g/mol. The smallest absolute Gasteiger partial charge is 0.165 e. The molecule has 4 heteroatoms. The van der Waals surface area contributed by atoms with Crippen molar-refractivity contribution in [3.05, 3.63) is 164 Å². The molecule has 0 fully saturated rings. The number of rotatable bonds is 5. The van der Waals surface area contributed by atoms with Crippen LogP contribution in [0.3, 0.4) is 0 Å². The number of hydrogen-bond donors (Lipinski definition) is 0. The van der Waals surface area contributed by atoms with Crippen LogP contribution in [-0.2, 0) is 0 Å². The summed E-state index contributed by atoms with van der Waals surface area (Å²) >= 11 is 1.79. The third kappa shape index (κ3) is 4.87. The number of thiophene rings is 1. The molecule has 0 aliphatic rings. The van der Waals surface area contributed by atoms with Gasteiger partial charge in [0.05, 0.1) is 0 Å². The molecule has 0 saturated carbocycles. The summed E-state index contributed by atoms with van der Waals surface area (Å²) in [7, 11) is 0. The fraction of sp³-hybridized carbons (Fsp3) is 0. The van der Waals surface area contributed by atoms with Gasteiger partial charge in [-0.05, 0) is 51.2 Å². The molecule has 47 heavy (non-hydrogen) atoms. The van der Waals surface area contributed by atoms with Crippen LogP contribution in [0.1, 0.15) is 0 Å². The van der Waals surface area contributed by atoms with Crippen LogP contribution in [0.2, 0.25) is 0 Å². The molecule has 0 saturated heterocycles. The summed E-state index contributed by atoms with van der Waals surface area (Å²) in [5.74, 6) is 1.96. The molecule has 0 unspecified atom stereocenters. The minimum atomic E-state index is 0.648. The van der Waals surface area contributed by atoms with Gasteiger partial charge < -0.3 is 0 Å². The number of nitrogens with zero attached hydrogens (tertiary/aromatic N) is 3. The molecule has 0 N–H and O–H groups in total. The Morgan fingerprint density at radius 2 is 0.872 bits per heavy atom. The van der Waals surface area contributed by atoms with E-state index in [4.69, 9.17) is 15.0 Å². The first-order valence-corrected chi connectivity index (χ1v) is 16.5. The van der Waals surface area contributed by atoms with Crippen LogP contribution in [0.4, 0.5) is 0 Å². The minimum absolute atomic E-state index is 0.648. The lowest BCUT2D eigenvalue weighted by Crippen LogP contribution is -2.02. The van der Waals surface area contributed by atoms with E-state index in [1.807, 2.05) is 6.07 Å². The van der Waals surface area contributed by atoms with Gasteiger partial charge in [-0.3, -0.25) is 0 Å². The fourth-order valence-electron chi connectivity index (χ4n) is 6.49. The second-order valence-electron chi connectivity index (χ2n) is 11.6. The van der Waals surface area contributed by atoms with Gasteiger partial charge in [-0.25, -0.2) is 15.0 Å². The van der Waals surface area contributed by atoms with E-state index >= 15 is 0 Å². The molecular formula is C43H27N3S. The summed E-state index contributed by atoms with van der Waals surface area (Å²) in [6.45, 7) is 0. The van der Waals surface area contributed by atoms with E-state index < -0.39 is 0 Å². The third-order valence-corrected chi connectivity index (χ3v) is 9.98. The molecule has 220 valence electrons. The zero-order valence-electron chi connectivity index (χ0n) is 25.3. The van der Waals surface area contributed by atoms with Crippen molar-refractivity contribution in [2.45, 2.75) is 0 Å². The number of fused-ring (bicyclic) bond motifs is 4. The lowest BCUT2D eigenvalue weighted by molar-refractivity contribution is 1.08. The zero-order valence-corrected chi connectivity index (χ0v) is 26.2. The van der Waals surface area contributed by atoms with Gasteiger partial charge in [-0.1, -0.05) is 146 Å². The van der Waals surface area contributed by atoms with E-state index in [0.717, 1.165) is 38.9 Å². The van der Waals surface area contributed by atoms with Crippen molar-refractivity contribution < 1.29 is 0 Å². The summed E-state index contributed by atoms with van der Waals surface area (Å²) in [4.78, 5) is 15.7. The molecule has 0 aliphatic carbocycles. The molecule has 9 aromatic rings. The minimum Gasteiger partial charge on any atom is -0.208 e. The van der Waals surface area contributed by atoms with Crippen LogP contribution in [0.15, 0.2) is 164 Å². The summed E-state index contributed by atoms with van der Waals surface area (Å²) < 4.78 is 2.43. The molecule has 2 aromatic heterocycles. The molecule has 0 atom stereocenters. The maximum absolute atomic E-state index is 5.26. The molecule has 0 aliphatic heterocycles. The Hall–Kier alpha value is -5.97. The van der Waals surface area contributed by atoms with Crippen molar-refractivity contribution >= 4 is 42.3 Å². The van der Waals surface area contributed by atoms with Crippen LogP contribution >= 0.6 is 11.3 Å². The fourth-order valence-corrected chi connectivity index (χ4v) is 7.71. The molecule has 2 heterocycles. The molecule has 0 radical (unpaired) electrons. The van der Waals surface area contributed by atoms with Gasteiger partial charge in [-0.15, -0.1) is 11.3 Å². The number of benzene rings is 7. The van der Waals surface area contributed by atoms with Crippen molar-refractivity contribution in [2.75, 3.05) is 0 Å². The topological polar surface area (TPSA) is 38.7 Å². The van der Waals surface area contributed by atoms with Gasteiger partial charge in [0, 0.05) is 36.9 Å². The van der Waals surface area contributed by atoms with E-state index in [0.29, 0.717) is 17.5 Å². The van der Waals surface area contributed by atoms with Crippen molar-refractivity contribution in [1.29, 1.82) is 0 Å². The highest BCUT2D eigenvalue weighted by atomic mass is 32.1. The Morgan fingerprint density at radius 1 is 0.340 bits per heavy atom. The van der Waals surface area contributed by atoms with Gasteiger partial charge in [0.25, 0.3) is 0 Å². The quantitative estimate of drug-likeness (QED) is 0.193. The summed E-state index contributed by atoms with van der Waals surface area (Å²) in [5.41, 5.74) is 7.35. The van der Waals surface area contributed by atoms with Crippen molar-refractivity contribution in [3.8, 4) is 56.4 Å². The molecule has 0 bridgehead atoms. The normalized spacial score (nSPS) is 11.4. The SMILES string of the molecule is c1ccc(-c2ccccc2-c2nc(-c3ccccc3-c3ccc4ccccc4c3)nc(-c3cccc4c3sc3ccccc34)n2)cc1. The number of hydrogen-bond acceptors (Lipinski definition) is 4. The third-order valence-electron chi connectivity index (χ3n) is 8.76. The average Bonchev–Trinajstić information content (AvgIpc) is 3.54. The van der Waals surface area contributed by atoms with E-state index in [-0.39, 0.29) is 0 Å². The second kappa shape index (κ2) is 11.4. The van der Waals surface area contributed by atoms with Gasteiger partial charge in [0.2, 0.25) is 0 Å². The predicted molar refractivity (Wildman–Crippen MR) is 197 cm³/mol. The summed E-state index contributed by atoms with van der Waals surface area (Å²) in [6, 6.07) is 57.4. The van der Waals surface area contributed by atoms with Crippen molar-refractivity contribution in [3.63, 3.8) is 0 Å². The molecule has 0 spiro atoms. The number of aromatic nitrogens is 3. The van der Waals surface area contributed by atoms with E-state index in [1.165, 1.54) is 30.9 Å². The lowest BCUT2D eigenvalue weighted by Gasteiger charge is -2.14. The first-order chi connectivity index (χ1) is 23.3. The van der Waals surface area contributed by atoms with E-state index in [9.17, 15) is 0 Å². The Kier molecular flexibility index (Phi) is 6.65. The molecule has 7 aromatic carbocycles. The maximum Gasteiger partial charge on any atom is 0.165 e. The Balaban J connectivity index is 1.31. The first-order valence-electron chi connectivity index (χ1n) is 15.7. The molecule has 9 rings (SSSR count). The van der Waals surface area contributed by atoms with Gasteiger partial charge in [0.1, 0.15) is 0 Å². The van der Waals surface area contributed by atoms with Gasteiger partial charge >= 0.3 is 0 Å². The monoisotopic (exact) mass is 617 g/mol. The van der Waals surface area contributed by atoms with E-state index in [1.54, 1.807) is 11.3 Å². The Bertz CT molecular complexity index is 2590. The van der Waals surface area contributed by atoms with Crippen LogP contribution in [0, 0.1) is 0 Å². The largest absolute Gasteiger partial charge is 0.208 e. The van der Waals surface area contributed by atoms with Gasteiger partial charge in [0.15, 0.2) is 17.5 Å². The van der Waals surface area contributed by atoms with Crippen LogP contribution < -0.4 is 0 Å². The predicted octanol–water partition coefficient (Wildman–Crippen LogP) is 11.7. The first kappa shape index (κ1) is 27.3. The summed E-state index contributed by atoms with van der Waals surface area (Å²) in [6.07, 6.45) is 0. The molecule has 0 amide bonds. The highest BCUT2D eigenvalue weighted by Crippen LogP contribution is 2.41. The van der Waals surface area contributed by atoms with Crippen LogP contribution in [-0.4, -0.2) is 15.0 Å². The average molecular weight is 618 g/mol. The van der Waals surface area contributed by atoms with Crippen LogP contribution in [0.5, 0.6) is 0 Å². The standard InChI is InChI=1S/C43H27N3S/c1-2-14-29(15-3-1)32-17-6-8-20-36(32)41-44-42(37-21-9-7-18-33(37)31-26-25-28-13-4-5-16-30(28)27-31)46-43(45-41)38-23-12-22-35-34-19-10-11-24-39(34)47-40(35)38/h1-27H. The maximum atomic E-state index is 5.26. The van der Waals surface area contributed by atoms with E-state index in [2.05, 4.69) is 158 Å². The lowest BCUT2D eigenvalue weighted by atomic mass is 9.96. The Labute approximate surface area is 276 Å². The van der Waals surface area contributed by atoms with Gasteiger partial charge in [-0.2, -0.15) is 0 Å².